The molecule has 0 radical (unpaired) electrons. The molecule has 0 heterocycles. The number of nitrogens with two attached hydrogens (primary N) is 1. The van der Waals surface area contributed by atoms with Gasteiger partial charge in [0.05, 0.1) is 4.92 Å². The summed E-state index contributed by atoms with van der Waals surface area (Å²) < 4.78 is 0. The molecule has 1 fully saturated rings. The third-order valence-corrected chi connectivity index (χ3v) is 4.38. The van der Waals surface area contributed by atoms with Crippen molar-refractivity contribution in [1.82, 2.24) is 4.90 Å². The van der Waals surface area contributed by atoms with E-state index in [0.29, 0.717) is 36.2 Å². The lowest BCUT2D eigenvalue weighted by Crippen LogP contribution is -2.34. The van der Waals surface area contributed by atoms with Crippen molar-refractivity contribution in [3.05, 3.63) is 33.9 Å². The van der Waals surface area contributed by atoms with Gasteiger partial charge in [-0.15, -0.1) is 0 Å². The molecule has 1 atom stereocenters. The van der Waals surface area contributed by atoms with Crippen molar-refractivity contribution in [3.8, 4) is 0 Å². The zero-order valence-corrected chi connectivity index (χ0v) is 14.5. The van der Waals surface area contributed by atoms with Crippen molar-refractivity contribution < 1.29 is 9.72 Å². The van der Waals surface area contributed by atoms with Crippen LogP contribution in [0.15, 0.2) is 18.2 Å². The number of nitrogens with zero attached hydrogens (tertiary/aromatic N) is 2. The van der Waals surface area contributed by atoms with Crippen LogP contribution in [0.4, 0.5) is 11.4 Å². The summed E-state index contributed by atoms with van der Waals surface area (Å²) in [5.74, 6) is 0.120. The van der Waals surface area contributed by atoms with Gasteiger partial charge in [-0.3, -0.25) is 14.9 Å². The molecule has 7 heteroatoms. The molecule has 1 saturated carbocycles. The van der Waals surface area contributed by atoms with Gasteiger partial charge in [0.2, 0.25) is 0 Å². The Morgan fingerprint density at radius 2 is 2.12 bits per heavy atom. The first-order valence-corrected chi connectivity index (χ1v) is 8.35. The summed E-state index contributed by atoms with van der Waals surface area (Å²) in [6.45, 7) is 4.61. The molecular formula is C17H26N4O3. The van der Waals surface area contributed by atoms with Crippen molar-refractivity contribution in [2.24, 2.45) is 11.7 Å². The maximum atomic E-state index is 12.5. The number of carbonyl (C=O) groups is 1. The number of nitro benzene ring substituents is 1. The number of anilines is 1. The van der Waals surface area contributed by atoms with Crippen LogP contribution >= 0.6 is 0 Å². The molecular weight excluding hydrogens is 308 g/mol. The molecule has 24 heavy (non-hydrogen) atoms. The van der Waals surface area contributed by atoms with E-state index in [-0.39, 0.29) is 17.6 Å². The fourth-order valence-electron chi connectivity index (χ4n) is 2.38. The van der Waals surface area contributed by atoms with Crippen LogP contribution in [-0.4, -0.2) is 41.4 Å². The molecule has 1 aliphatic rings. The zero-order chi connectivity index (χ0) is 17.9. The van der Waals surface area contributed by atoms with Gasteiger partial charge < -0.3 is 16.0 Å². The highest BCUT2D eigenvalue weighted by molar-refractivity contribution is 5.95. The lowest BCUT2D eigenvalue weighted by molar-refractivity contribution is -0.384. The summed E-state index contributed by atoms with van der Waals surface area (Å²) in [5.41, 5.74) is 6.75. The number of hydrogen-bond acceptors (Lipinski definition) is 5. The summed E-state index contributed by atoms with van der Waals surface area (Å²) in [6.07, 6.45) is 2.75. The molecule has 1 amide bonds. The Kier molecular flexibility index (Phi) is 5.77. The highest BCUT2D eigenvalue weighted by atomic mass is 16.6. The highest BCUT2D eigenvalue weighted by Gasteiger charge is 2.26. The average Bonchev–Trinajstić information content (AvgIpc) is 3.35. The topological polar surface area (TPSA) is 102 Å². The Labute approximate surface area is 142 Å². The van der Waals surface area contributed by atoms with E-state index in [9.17, 15) is 14.9 Å². The molecule has 0 aromatic heterocycles. The molecule has 1 aliphatic carbocycles. The van der Waals surface area contributed by atoms with Crippen LogP contribution in [0.25, 0.3) is 0 Å². The van der Waals surface area contributed by atoms with Crippen LogP contribution in [0.1, 0.15) is 43.5 Å². The van der Waals surface area contributed by atoms with Crippen LogP contribution < -0.4 is 11.1 Å². The number of benzene rings is 1. The normalized spacial score (nSPS) is 15.2. The Bertz CT molecular complexity index is 614. The molecule has 0 bridgehead atoms. The number of hydrogen-bond donors (Lipinski definition) is 2. The van der Waals surface area contributed by atoms with Crippen molar-refractivity contribution in [1.29, 1.82) is 0 Å². The smallest absolute Gasteiger partial charge is 0.293 e. The first kappa shape index (κ1) is 18.2. The van der Waals surface area contributed by atoms with Gasteiger partial charge in [-0.25, -0.2) is 0 Å². The quantitative estimate of drug-likeness (QED) is 0.562. The third kappa shape index (κ3) is 4.67. The van der Waals surface area contributed by atoms with E-state index in [4.69, 9.17) is 5.73 Å². The zero-order valence-electron chi connectivity index (χ0n) is 14.5. The van der Waals surface area contributed by atoms with E-state index in [1.807, 2.05) is 13.8 Å². The molecule has 0 spiro atoms. The fourth-order valence-corrected chi connectivity index (χ4v) is 2.38. The van der Waals surface area contributed by atoms with Gasteiger partial charge in [0.25, 0.3) is 11.6 Å². The molecule has 1 unspecified atom stereocenters. The summed E-state index contributed by atoms with van der Waals surface area (Å²) in [7, 11) is 1.69. The minimum absolute atomic E-state index is 0.0275. The lowest BCUT2D eigenvalue weighted by atomic mass is 10.0. The van der Waals surface area contributed by atoms with Gasteiger partial charge in [-0.05, 0) is 37.3 Å². The van der Waals surface area contributed by atoms with Crippen LogP contribution in [0.2, 0.25) is 0 Å². The largest absolute Gasteiger partial charge is 0.377 e. The summed E-state index contributed by atoms with van der Waals surface area (Å²) in [6, 6.07) is 4.95. The highest BCUT2D eigenvalue weighted by Crippen LogP contribution is 2.31. The summed E-state index contributed by atoms with van der Waals surface area (Å²) in [4.78, 5) is 24.9. The Morgan fingerprint density at radius 3 is 2.67 bits per heavy atom. The number of nitro groups is 1. The van der Waals surface area contributed by atoms with Crippen LogP contribution in [-0.2, 0) is 0 Å². The van der Waals surface area contributed by atoms with E-state index in [1.54, 1.807) is 24.1 Å². The van der Waals surface area contributed by atoms with Gasteiger partial charge >= 0.3 is 0 Å². The van der Waals surface area contributed by atoms with Gasteiger partial charge in [0.1, 0.15) is 5.69 Å². The second-order valence-electron chi connectivity index (χ2n) is 6.83. The Balaban J connectivity index is 2.07. The second kappa shape index (κ2) is 7.61. The average molecular weight is 334 g/mol. The lowest BCUT2D eigenvalue weighted by Gasteiger charge is -2.21. The third-order valence-electron chi connectivity index (χ3n) is 4.38. The standard InChI is InChI=1S/C17H26N4O3/c1-11(2)14(18)8-9-20(3)17(22)12-4-7-15(19-13-5-6-13)16(10-12)21(23)24/h4,7,10-11,13-14,19H,5-6,8-9,18H2,1-3H3. The van der Waals surface area contributed by atoms with Crippen LogP contribution in [0, 0.1) is 16.0 Å². The molecule has 132 valence electrons. The molecule has 7 nitrogen and oxygen atoms in total. The van der Waals surface area contributed by atoms with E-state index in [1.165, 1.54) is 6.07 Å². The Hall–Kier alpha value is -2.15. The number of amides is 1. The maximum absolute atomic E-state index is 12.5. The number of nitrogens with one attached hydrogen (secondary N) is 1. The first-order chi connectivity index (χ1) is 11.3. The molecule has 1 aromatic rings. The van der Waals surface area contributed by atoms with Crippen LogP contribution in [0.5, 0.6) is 0 Å². The van der Waals surface area contributed by atoms with Gasteiger partial charge in [-0.1, -0.05) is 13.8 Å². The Morgan fingerprint density at radius 1 is 1.46 bits per heavy atom. The predicted octanol–water partition coefficient (Wildman–Crippen LogP) is 2.61. The van der Waals surface area contributed by atoms with Crippen LogP contribution in [0.3, 0.4) is 0 Å². The predicted molar refractivity (Wildman–Crippen MR) is 94.1 cm³/mol. The van der Waals surface area contributed by atoms with E-state index in [0.717, 1.165) is 12.8 Å². The van der Waals surface area contributed by atoms with Crippen molar-refractivity contribution in [2.45, 2.75) is 45.2 Å². The maximum Gasteiger partial charge on any atom is 0.293 e. The fraction of sp³-hybridized carbons (Fsp3) is 0.588. The summed E-state index contributed by atoms with van der Waals surface area (Å²) in [5, 5.41) is 14.4. The second-order valence-corrected chi connectivity index (χ2v) is 6.83. The number of rotatable bonds is 8. The molecule has 3 N–H and O–H groups in total. The monoisotopic (exact) mass is 334 g/mol. The minimum atomic E-state index is -0.448. The van der Waals surface area contributed by atoms with Gasteiger partial charge in [0, 0.05) is 37.3 Å². The van der Waals surface area contributed by atoms with Gasteiger partial charge in [-0.2, -0.15) is 0 Å². The SMILES string of the molecule is CC(C)C(N)CCN(C)C(=O)c1ccc(NC2CC2)c([N+](=O)[O-])c1. The van der Waals surface area contributed by atoms with Crippen molar-refractivity contribution in [2.75, 3.05) is 18.9 Å². The first-order valence-electron chi connectivity index (χ1n) is 8.35. The number of carbonyl (C=O) groups excluding carboxylic acids is 1. The van der Waals surface area contributed by atoms with E-state index in [2.05, 4.69) is 5.32 Å². The van der Waals surface area contributed by atoms with E-state index >= 15 is 0 Å². The van der Waals surface area contributed by atoms with Crippen molar-refractivity contribution in [3.63, 3.8) is 0 Å². The molecule has 0 saturated heterocycles. The van der Waals surface area contributed by atoms with Crippen molar-refractivity contribution >= 4 is 17.3 Å². The molecule has 1 aromatic carbocycles. The minimum Gasteiger partial charge on any atom is -0.377 e. The van der Waals surface area contributed by atoms with Gasteiger partial charge in [0.15, 0.2) is 0 Å². The molecule has 0 aliphatic heterocycles. The summed E-state index contributed by atoms with van der Waals surface area (Å²) >= 11 is 0. The van der Waals surface area contributed by atoms with E-state index < -0.39 is 4.92 Å². The molecule has 2 rings (SSSR count).